The van der Waals surface area contributed by atoms with Crippen molar-refractivity contribution in [3.63, 3.8) is 0 Å². The van der Waals surface area contributed by atoms with Gasteiger partial charge in [-0.05, 0) is 68.0 Å². The minimum atomic E-state index is 0. The van der Waals surface area contributed by atoms with E-state index in [1.54, 1.807) is 11.8 Å². The van der Waals surface area contributed by atoms with Crippen LogP contribution in [0.3, 0.4) is 0 Å². The number of hydrogen-bond donors (Lipinski definition) is 1. The molecule has 0 unspecified atom stereocenters. The number of hydrogen-bond acceptors (Lipinski definition) is 3. The summed E-state index contributed by atoms with van der Waals surface area (Å²) in [6.07, 6.45) is 3.05. The van der Waals surface area contributed by atoms with Crippen molar-refractivity contribution in [2.24, 2.45) is 11.8 Å². The molecule has 3 aliphatic heterocycles. The largest absolute Gasteiger partial charge is 0.339 e. The van der Waals surface area contributed by atoms with Crippen LogP contribution in [-0.4, -0.2) is 49.4 Å². The Morgan fingerprint density at radius 2 is 1.76 bits per heavy atom. The predicted molar refractivity (Wildman–Crippen MR) is 100 cm³/mol. The molecule has 0 aromatic heterocycles. The molecule has 25 heavy (non-hydrogen) atoms. The number of fused-ring (bicyclic) bond motifs is 2. The molecule has 5 nitrogen and oxygen atoms in total. The van der Waals surface area contributed by atoms with Crippen LogP contribution in [0.15, 0.2) is 18.2 Å². The highest BCUT2D eigenvalue weighted by atomic mass is 35.5. The Kier molecular flexibility index (Phi) is 5.35. The van der Waals surface area contributed by atoms with Crippen LogP contribution < -0.4 is 10.2 Å². The summed E-state index contributed by atoms with van der Waals surface area (Å²) in [4.78, 5) is 28.4. The molecule has 1 N–H and O–H groups in total. The van der Waals surface area contributed by atoms with Gasteiger partial charge in [-0.25, -0.2) is 0 Å². The first-order valence-corrected chi connectivity index (χ1v) is 9.04. The van der Waals surface area contributed by atoms with Crippen molar-refractivity contribution in [2.75, 3.05) is 37.6 Å². The van der Waals surface area contributed by atoms with E-state index in [4.69, 9.17) is 0 Å². The number of carbonyl (C=O) groups is 2. The number of carbonyl (C=O) groups excluding carboxylic acids is 2. The summed E-state index contributed by atoms with van der Waals surface area (Å²) in [5, 5.41) is 3.47. The van der Waals surface area contributed by atoms with Gasteiger partial charge in [-0.15, -0.1) is 12.4 Å². The quantitative estimate of drug-likeness (QED) is 0.831. The molecule has 2 amide bonds. The summed E-state index contributed by atoms with van der Waals surface area (Å²) in [5.41, 5.74) is 2.85. The van der Waals surface area contributed by atoms with Gasteiger partial charge in [0.05, 0.1) is 0 Å². The molecule has 0 saturated carbocycles. The van der Waals surface area contributed by atoms with Crippen LogP contribution in [0, 0.1) is 11.8 Å². The molecular formula is C19H26ClN3O2. The lowest BCUT2D eigenvalue weighted by atomic mass is 9.92. The fraction of sp³-hybridized carbons (Fsp3) is 0.579. The van der Waals surface area contributed by atoms with Gasteiger partial charge in [0.15, 0.2) is 0 Å². The number of anilines is 1. The number of amides is 2. The van der Waals surface area contributed by atoms with Gasteiger partial charge in [0.25, 0.3) is 5.91 Å². The number of nitrogens with zero attached hydrogens (tertiary/aromatic N) is 2. The highest BCUT2D eigenvalue weighted by molar-refractivity contribution is 5.97. The van der Waals surface area contributed by atoms with E-state index < -0.39 is 0 Å². The van der Waals surface area contributed by atoms with Crippen LogP contribution >= 0.6 is 12.4 Å². The first kappa shape index (κ1) is 18.2. The van der Waals surface area contributed by atoms with E-state index in [9.17, 15) is 9.59 Å². The minimum absolute atomic E-state index is 0. The fourth-order valence-corrected chi connectivity index (χ4v) is 4.47. The Morgan fingerprint density at radius 1 is 1.08 bits per heavy atom. The van der Waals surface area contributed by atoms with Crippen LogP contribution in [0.4, 0.5) is 5.69 Å². The van der Waals surface area contributed by atoms with Crippen molar-refractivity contribution >= 4 is 29.9 Å². The number of rotatable bonds is 1. The molecule has 3 heterocycles. The maximum absolute atomic E-state index is 12.9. The monoisotopic (exact) mass is 363 g/mol. The maximum Gasteiger partial charge on any atom is 0.253 e. The summed E-state index contributed by atoms with van der Waals surface area (Å²) in [7, 11) is 0. The summed E-state index contributed by atoms with van der Waals surface area (Å²) in [6, 6.07) is 5.82. The van der Waals surface area contributed by atoms with Crippen molar-refractivity contribution < 1.29 is 9.59 Å². The van der Waals surface area contributed by atoms with Gasteiger partial charge in [-0.2, -0.15) is 0 Å². The average Bonchev–Trinajstić information content (AvgIpc) is 3.16. The van der Waals surface area contributed by atoms with Crippen molar-refractivity contribution in [3.8, 4) is 0 Å². The van der Waals surface area contributed by atoms with E-state index in [0.717, 1.165) is 80.6 Å². The lowest BCUT2D eigenvalue weighted by Gasteiger charge is -2.21. The minimum Gasteiger partial charge on any atom is -0.339 e. The van der Waals surface area contributed by atoms with Crippen molar-refractivity contribution in [2.45, 2.75) is 26.2 Å². The second-order valence-electron chi connectivity index (χ2n) is 7.31. The van der Waals surface area contributed by atoms with Gasteiger partial charge in [0.1, 0.15) is 0 Å². The predicted octanol–water partition coefficient (Wildman–Crippen LogP) is 2.09. The third kappa shape index (κ3) is 3.40. The Balaban J connectivity index is 0.00000182. The van der Waals surface area contributed by atoms with E-state index >= 15 is 0 Å². The fourth-order valence-electron chi connectivity index (χ4n) is 4.47. The second-order valence-corrected chi connectivity index (χ2v) is 7.31. The maximum atomic E-state index is 12.9. The molecule has 2 saturated heterocycles. The third-order valence-electron chi connectivity index (χ3n) is 5.91. The molecule has 6 heteroatoms. The van der Waals surface area contributed by atoms with Crippen LogP contribution in [0.5, 0.6) is 0 Å². The Morgan fingerprint density at radius 3 is 2.40 bits per heavy atom. The van der Waals surface area contributed by atoms with Crippen LogP contribution in [0.2, 0.25) is 0 Å². The lowest BCUT2D eigenvalue weighted by molar-refractivity contribution is -0.116. The molecule has 3 aliphatic rings. The summed E-state index contributed by atoms with van der Waals surface area (Å²) < 4.78 is 0. The molecule has 2 fully saturated rings. The molecule has 1 aromatic rings. The van der Waals surface area contributed by atoms with E-state index in [1.165, 1.54) is 0 Å². The Bertz CT molecular complexity index is 665. The smallest absolute Gasteiger partial charge is 0.253 e. The van der Waals surface area contributed by atoms with Crippen LogP contribution in [0.25, 0.3) is 0 Å². The molecule has 0 spiro atoms. The first-order chi connectivity index (χ1) is 11.6. The zero-order valence-corrected chi connectivity index (χ0v) is 15.5. The molecule has 136 valence electrons. The highest BCUT2D eigenvalue weighted by Crippen LogP contribution is 2.31. The third-order valence-corrected chi connectivity index (χ3v) is 5.91. The summed E-state index contributed by atoms with van der Waals surface area (Å²) in [6.45, 7) is 6.25. The van der Waals surface area contributed by atoms with Crippen LogP contribution in [0.1, 0.15) is 35.7 Å². The topological polar surface area (TPSA) is 52.7 Å². The average molecular weight is 364 g/mol. The zero-order chi connectivity index (χ0) is 16.7. The number of nitrogens with one attached hydrogen (secondary N) is 1. The first-order valence-electron chi connectivity index (χ1n) is 9.04. The summed E-state index contributed by atoms with van der Waals surface area (Å²) in [5.74, 6) is 1.67. The van der Waals surface area contributed by atoms with E-state index in [-0.39, 0.29) is 24.2 Å². The van der Waals surface area contributed by atoms with Gasteiger partial charge in [0.2, 0.25) is 5.91 Å². The lowest BCUT2D eigenvalue weighted by Crippen LogP contribution is -2.32. The standard InChI is InChI=1S/C19H25N3O2.ClH/c1-13(23)22-9-6-14-10-15(2-3-18(14)22)19(24)21-7-4-16-11-20-12-17(16)5-8-21;/h2-3,10,16-17,20H,4-9,11-12H2,1H3;1H/t16-,17+;. The number of halogens is 1. The Labute approximate surface area is 155 Å². The molecule has 0 aliphatic carbocycles. The SMILES string of the molecule is CC(=O)N1CCc2cc(C(=O)N3CC[C@@H]4CNC[C@@H]4CC3)ccc21.Cl. The van der Waals surface area contributed by atoms with Gasteiger partial charge in [-0.3, -0.25) is 9.59 Å². The van der Waals surface area contributed by atoms with Gasteiger partial charge < -0.3 is 15.1 Å². The second kappa shape index (κ2) is 7.34. The zero-order valence-electron chi connectivity index (χ0n) is 14.7. The highest BCUT2D eigenvalue weighted by Gasteiger charge is 2.32. The van der Waals surface area contributed by atoms with E-state index in [2.05, 4.69) is 5.32 Å². The Hall–Kier alpha value is -1.59. The molecule has 4 rings (SSSR count). The van der Waals surface area contributed by atoms with Gasteiger partial charge >= 0.3 is 0 Å². The van der Waals surface area contributed by atoms with E-state index in [1.807, 2.05) is 23.1 Å². The normalized spacial score (nSPS) is 25.0. The molecule has 0 radical (unpaired) electrons. The van der Waals surface area contributed by atoms with Crippen molar-refractivity contribution in [1.29, 1.82) is 0 Å². The van der Waals surface area contributed by atoms with Gasteiger partial charge in [0, 0.05) is 37.8 Å². The van der Waals surface area contributed by atoms with E-state index in [0.29, 0.717) is 0 Å². The summed E-state index contributed by atoms with van der Waals surface area (Å²) >= 11 is 0. The number of likely N-dealkylation sites (tertiary alicyclic amines) is 1. The molecular weight excluding hydrogens is 338 g/mol. The molecule has 1 aromatic carbocycles. The molecule has 2 atom stereocenters. The number of benzene rings is 1. The van der Waals surface area contributed by atoms with Gasteiger partial charge in [-0.1, -0.05) is 0 Å². The van der Waals surface area contributed by atoms with Crippen LogP contribution in [-0.2, 0) is 11.2 Å². The van der Waals surface area contributed by atoms with Crippen molar-refractivity contribution in [1.82, 2.24) is 10.2 Å². The van der Waals surface area contributed by atoms with Crippen molar-refractivity contribution in [3.05, 3.63) is 29.3 Å². The molecule has 0 bridgehead atoms.